The summed E-state index contributed by atoms with van der Waals surface area (Å²) < 4.78 is 3.19. The van der Waals surface area contributed by atoms with Gasteiger partial charge < -0.3 is 15.2 Å². The number of carbonyl (C=O) groups excluding carboxylic acids is 2. The first-order valence-electron chi connectivity index (χ1n) is 10.9. The highest BCUT2D eigenvalue weighted by atomic mass is 32.2. The quantitative estimate of drug-likeness (QED) is 0.545. The monoisotopic (exact) mass is 482 g/mol. The number of para-hydroxylation sites is 1. The largest absolute Gasteiger partial charge is 0.337 e. The summed E-state index contributed by atoms with van der Waals surface area (Å²) in [7, 11) is 1.76. The lowest BCUT2D eigenvalue weighted by Gasteiger charge is -2.27. The molecule has 1 aliphatic heterocycles. The van der Waals surface area contributed by atoms with Gasteiger partial charge in [-0.3, -0.25) is 23.9 Å². The number of carbonyl (C=O) groups is 2. The molecule has 3 aromatic rings. The van der Waals surface area contributed by atoms with E-state index in [0.29, 0.717) is 35.6 Å². The minimum Gasteiger partial charge on any atom is -0.337 e. The second kappa shape index (κ2) is 9.72. The van der Waals surface area contributed by atoms with Crippen molar-refractivity contribution in [1.29, 1.82) is 0 Å². The lowest BCUT2D eigenvalue weighted by molar-refractivity contribution is -0.129. The molecule has 0 fully saturated rings. The Hall–Kier alpha value is -3.60. The number of fused-ring (bicyclic) bond motifs is 1. The van der Waals surface area contributed by atoms with E-state index >= 15 is 0 Å². The number of hydrogen-bond acceptors (Lipinski definition) is 6. The van der Waals surface area contributed by atoms with Crippen molar-refractivity contribution in [2.45, 2.75) is 32.1 Å². The molecule has 3 heterocycles. The van der Waals surface area contributed by atoms with Gasteiger partial charge in [0.2, 0.25) is 11.8 Å². The Balaban J connectivity index is 1.39. The SMILES string of the molecule is Cc1c(NC(=O)C(C)SCC(=O)N2CCc3nc[nH]c(=O)c3C2)c(=O)n(-c2ccccc2)n1C. The van der Waals surface area contributed by atoms with Gasteiger partial charge in [0.05, 0.1) is 46.5 Å². The summed E-state index contributed by atoms with van der Waals surface area (Å²) in [6.45, 7) is 4.15. The lowest BCUT2D eigenvalue weighted by Crippen LogP contribution is -2.40. The summed E-state index contributed by atoms with van der Waals surface area (Å²) >= 11 is 1.19. The number of nitrogens with zero attached hydrogens (tertiary/aromatic N) is 4. The van der Waals surface area contributed by atoms with Crippen LogP contribution in [0.25, 0.3) is 5.69 Å². The summed E-state index contributed by atoms with van der Waals surface area (Å²) in [5.74, 6) is -0.418. The number of rotatable bonds is 6. The molecule has 1 unspecified atom stereocenters. The fraction of sp³-hybridized carbons (Fsp3) is 0.348. The van der Waals surface area contributed by atoms with Crippen molar-refractivity contribution in [2.24, 2.45) is 7.05 Å². The molecule has 1 aromatic carbocycles. The van der Waals surface area contributed by atoms with E-state index in [0.717, 1.165) is 0 Å². The van der Waals surface area contributed by atoms with Gasteiger partial charge in [-0.1, -0.05) is 18.2 Å². The van der Waals surface area contributed by atoms with E-state index in [1.165, 1.54) is 22.8 Å². The highest BCUT2D eigenvalue weighted by Gasteiger charge is 2.26. The van der Waals surface area contributed by atoms with Crippen LogP contribution in [0, 0.1) is 6.92 Å². The summed E-state index contributed by atoms with van der Waals surface area (Å²) in [6.07, 6.45) is 1.89. The van der Waals surface area contributed by atoms with Gasteiger partial charge in [-0.15, -0.1) is 11.8 Å². The molecule has 0 saturated heterocycles. The molecule has 10 nitrogen and oxygen atoms in total. The van der Waals surface area contributed by atoms with E-state index in [2.05, 4.69) is 15.3 Å². The topological polar surface area (TPSA) is 122 Å². The summed E-state index contributed by atoms with van der Waals surface area (Å²) in [4.78, 5) is 58.8. The number of amides is 2. The van der Waals surface area contributed by atoms with Crippen LogP contribution in [-0.4, -0.2) is 53.6 Å². The van der Waals surface area contributed by atoms with Crippen molar-refractivity contribution in [3.05, 3.63) is 74.3 Å². The highest BCUT2D eigenvalue weighted by Crippen LogP contribution is 2.19. The Kier molecular flexibility index (Phi) is 6.73. The number of H-pyrrole nitrogens is 1. The Morgan fingerprint density at radius 2 is 1.97 bits per heavy atom. The maximum atomic E-state index is 13.0. The van der Waals surface area contributed by atoms with Crippen molar-refractivity contribution < 1.29 is 9.59 Å². The number of nitrogens with one attached hydrogen (secondary N) is 2. The Morgan fingerprint density at radius 1 is 1.24 bits per heavy atom. The molecule has 0 radical (unpaired) electrons. The Bertz CT molecular complexity index is 1340. The van der Waals surface area contributed by atoms with Gasteiger partial charge in [0.15, 0.2) is 0 Å². The van der Waals surface area contributed by atoms with E-state index < -0.39 is 5.25 Å². The van der Waals surface area contributed by atoms with Gasteiger partial charge in [-0.25, -0.2) is 9.67 Å². The molecule has 1 atom stereocenters. The average Bonchev–Trinajstić information content (AvgIpc) is 3.05. The van der Waals surface area contributed by atoms with Crippen LogP contribution in [0.1, 0.15) is 23.9 Å². The first-order chi connectivity index (χ1) is 16.3. The van der Waals surface area contributed by atoms with E-state index in [-0.39, 0.29) is 40.9 Å². The predicted octanol–water partition coefficient (Wildman–Crippen LogP) is 1.21. The number of thioether (sulfide) groups is 1. The molecule has 11 heteroatoms. The minimum absolute atomic E-state index is 0.0874. The van der Waals surface area contributed by atoms with Crippen molar-refractivity contribution in [1.82, 2.24) is 24.2 Å². The van der Waals surface area contributed by atoms with Gasteiger partial charge >= 0.3 is 0 Å². The molecular formula is C23H26N6O4S. The smallest absolute Gasteiger partial charge is 0.295 e. The summed E-state index contributed by atoms with van der Waals surface area (Å²) in [6, 6.07) is 9.18. The van der Waals surface area contributed by atoms with Crippen LogP contribution in [0.5, 0.6) is 0 Å². The van der Waals surface area contributed by atoms with Gasteiger partial charge in [-0.05, 0) is 26.0 Å². The third-order valence-electron chi connectivity index (χ3n) is 5.99. The van der Waals surface area contributed by atoms with Crippen LogP contribution in [0.3, 0.4) is 0 Å². The van der Waals surface area contributed by atoms with Crippen LogP contribution in [-0.2, 0) is 29.6 Å². The predicted molar refractivity (Wildman–Crippen MR) is 130 cm³/mol. The van der Waals surface area contributed by atoms with Gasteiger partial charge in [-0.2, -0.15) is 0 Å². The molecule has 0 saturated carbocycles. The molecule has 34 heavy (non-hydrogen) atoms. The average molecular weight is 483 g/mol. The molecule has 0 bridgehead atoms. The highest BCUT2D eigenvalue weighted by molar-refractivity contribution is 8.01. The molecule has 2 N–H and O–H groups in total. The third kappa shape index (κ3) is 4.56. The van der Waals surface area contributed by atoms with E-state index in [1.807, 2.05) is 30.3 Å². The molecule has 1 aliphatic rings. The van der Waals surface area contributed by atoms with Crippen LogP contribution in [0.2, 0.25) is 0 Å². The first-order valence-corrected chi connectivity index (χ1v) is 11.9. The fourth-order valence-corrected chi connectivity index (χ4v) is 4.65. The normalized spacial score (nSPS) is 13.9. The second-order valence-corrected chi connectivity index (χ2v) is 9.43. The van der Waals surface area contributed by atoms with Crippen LogP contribution >= 0.6 is 11.8 Å². The van der Waals surface area contributed by atoms with E-state index in [9.17, 15) is 19.2 Å². The second-order valence-electron chi connectivity index (χ2n) is 8.10. The number of hydrogen-bond donors (Lipinski definition) is 2. The number of aromatic amines is 1. The number of aromatic nitrogens is 4. The first kappa shape index (κ1) is 23.6. The number of benzene rings is 1. The van der Waals surface area contributed by atoms with Crippen LogP contribution < -0.4 is 16.4 Å². The van der Waals surface area contributed by atoms with E-state index in [1.54, 1.807) is 30.5 Å². The van der Waals surface area contributed by atoms with Gasteiger partial charge in [0, 0.05) is 20.0 Å². The molecule has 4 rings (SSSR count). The molecular weight excluding hydrogens is 456 g/mol. The maximum Gasteiger partial charge on any atom is 0.295 e. The standard InChI is InChI=1S/C23H26N6O4S/c1-14-20(23(33)29(27(14)3)16-7-5-4-6-8-16)26-21(31)15(2)34-12-19(30)28-10-9-18-17(11-28)22(32)25-13-24-18/h4-8,13,15H,9-12H2,1-3H3,(H,26,31)(H,24,25,32). The number of anilines is 1. The van der Waals surface area contributed by atoms with Gasteiger partial charge in [0.25, 0.3) is 11.1 Å². The summed E-state index contributed by atoms with van der Waals surface area (Å²) in [5.41, 5.74) is 2.21. The van der Waals surface area contributed by atoms with Crippen molar-refractivity contribution in [2.75, 3.05) is 17.6 Å². The zero-order valence-electron chi connectivity index (χ0n) is 19.2. The minimum atomic E-state index is -0.560. The fourth-order valence-electron chi connectivity index (χ4n) is 3.87. The molecule has 178 valence electrons. The van der Waals surface area contributed by atoms with Crippen LogP contribution in [0.4, 0.5) is 5.69 Å². The van der Waals surface area contributed by atoms with Crippen molar-refractivity contribution in [3.8, 4) is 5.69 Å². The molecule has 0 spiro atoms. The van der Waals surface area contributed by atoms with Crippen molar-refractivity contribution in [3.63, 3.8) is 0 Å². The summed E-state index contributed by atoms with van der Waals surface area (Å²) in [5, 5.41) is 2.18. The Morgan fingerprint density at radius 3 is 2.71 bits per heavy atom. The molecule has 0 aliphatic carbocycles. The van der Waals surface area contributed by atoms with Gasteiger partial charge in [0.1, 0.15) is 5.69 Å². The molecule has 2 amide bonds. The van der Waals surface area contributed by atoms with Crippen molar-refractivity contribution >= 4 is 29.3 Å². The van der Waals surface area contributed by atoms with Crippen LogP contribution in [0.15, 0.2) is 46.2 Å². The Labute approximate surface area is 200 Å². The van der Waals surface area contributed by atoms with E-state index in [4.69, 9.17) is 0 Å². The zero-order chi connectivity index (χ0) is 24.4. The zero-order valence-corrected chi connectivity index (χ0v) is 20.0. The lowest BCUT2D eigenvalue weighted by atomic mass is 10.1. The molecule has 2 aromatic heterocycles. The third-order valence-corrected chi connectivity index (χ3v) is 7.11. The maximum absolute atomic E-state index is 13.0.